The van der Waals surface area contributed by atoms with Gasteiger partial charge in [-0.1, -0.05) is 72.8 Å². The zero-order valence-corrected chi connectivity index (χ0v) is 23.6. The number of carbonyl (C=O) groups excluding carboxylic acids is 2. The molecule has 1 aliphatic rings. The van der Waals surface area contributed by atoms with E-state index in [4.69, 9.17) is 28.4 Å². The average Bonchev–Trinajstić information content (AvgIpc) is 3.44. The fourth-order valence-corrected chi connectivity index (χ4v) is 4.59. The molecule has 4 aromatic rings. The molecular formula is C33H32O9. The average molecular weight is 573 g/mol. The van der Waals surface area contributed by atoms with Gasteiger partial charge in [0.2, 0.25) is 0 Å². The molecule has 0 amide bonds. The van der Waals surface area contributed by atoms with Crippen LogP contribution in [-0.2, 0) is 32.2 Å². The smallest absolute Gasteiger partial charge is 0.342 e. The molecule has 1 N–H and O–H groups in total. The van der Waals surface area contributed by atoms with Gasteiger partial charge in [0.05, 0.1) is 13.7 Å². The van der Waals surface area contributed by atoms with Crippen molar-refractivity contribution < 1.29 is 43.1 Å². The molecule has 0 saturated carbocycles. The molecule has 218 valence electrons. The van der Waals surface area contributed by atoms with Crippen LogP contribution in [0.1, 0.15) is 31.8 Å². The van der Waals surface area contributed by atoms with Gasteiger partial charge in [0.15, 0.2) is 13.6 Å². The number of cyclic esters (lactones) is 1. The normalized spacial score (nSPS) is 11.6. The van der Waals surface area contributed by atoms with Crippen molar-refractivity contribution in [2.24, 2.45) is 0 Å². The topological polar surface area (TPSA) is 110 Å². The minimum absolute atomic E-state index is 0.000450. The van der Waals surface area contributed by atoms with Crippen LogP contribution in [0.2, 0.25) is 0 Å². The molecular weight excluding hydrogens is 540 g/mol. The van der Waals surface area contributed by atoms with Crippen LogP contribution >= 0.6 is 0 Å². The molecule has 0 aromatic heterocycles. The van der Waals surface area contributed by atoms with Crippen molar-refractivity contribution in [2.45, 2.75) is 13.2 Å². The Morgan fingerprint density at radius 2 is 1.31 bits per heavy atom. The van der Waals surface area contributed by atoms with Crippen LogP contribution in [0.3, 0.4) is 0 Å². The molecule has 1 aliphatic heterocycles. The third-order valence-electron chi connectivity index (χ3n) is 6.48. The van der Waals surface area contributed by atoms with Crippen molar-refractivity contribution in [3.8, 4) is 33.8 Å². The van der Waals surface area contributed by atoms with Crippen LogP contribution in [-0.4, -0.2) is 52.0 Å². The van der Waals surface area contributed by atoms with Gasteiger partial charge < -0.3 is 33.5 Å². The number of esters is 2. The monoisotopic (exact) mass is 572 g/mol. The van der Waals surface area contributed by atoms with E-state index in [1.807, 2.05) is 66.7 Å². The number of hydrogen-bond acceptors (Lipinski definition) is 9. The maximum Gasteiger partial charge on any atom is 0.342 e. The Morgan fingerprint density at radius 1 is 0.762 bits per heavy atom. The number of aliphatic hydroxyl groups is 1. The van der Waals surface area contributed by atoms with E-state index in [1.54, 1.807) is 18.2 Å². The lowest BCUT2D eigenvalue weighted by atomic mass is 9.95. The van der Waals surface area contributed by atoms with Crippen LogP contribution < -0.4 is 9.47 Å². The van der Waals surface area contributed by atoms with Gasteiger partial charge in [-0.3, -0.25) is 0 Å². The summed E-state index contributed by atoms with van der Waals surface area (Å²) in [5.74, 6) is -0.0849. The fourth-order valence-electron chi connectivity index (χ4n) is 4.59. The summed E-state index contributed by atoms with van der Waals surface area (Å²) in [6.07, 6.45) is 0. The third-order valence-corrected chi connectivity index (χ3v) is 6.48. The molecule has 4 aromatic carbocycles. The Balaban J connectivity index is 0.000000193. The van der Waals surface area contributed by atoms with Gasteiger partial charge in [-0.25, -0.2) is 9.59 Å². The Kier molecular flexibility index (Phi) is 10.7. The number of carbonyl (C=O) groups is 2. The van der Waals surface area contributed by atoms with Crippen LogP contribution in [0, 0.1) is 0 Å². The SMILES string of the molecule is COCOc1ccc(-c2ccccc2)c(CO)c1C(=O)OC.COCOc1ccc(-c2ccccc2)c2c1C(=O)OC2. The maximum absolute atomic E-state index is 12.1. The predicted octanol–water partition coefficient (Wildman–Crippen LogP) is 5.62. The number of rotatable bonds is 10. The first-order chi connectivity index (χ1) is 20.5. The highest BCUT2D eigenvalue weighted by atomic mass is 16.7. The van der Waals surface area contributed by atoms with E-state index < -0.39 is 5.97 Å². The minimum Gasteiger partial charge on any atom is -0.467 e. The van der Waals surface area contributed by atoms with Gasteiger partial charge in [-0.15, -0.1) is 0 Å². The summed E-state index contributed by atoms with van der Waals surface area (Å²) in [5.41, 5.74) is 5.76. The molecule has 0 spiro atoms. The second-order valence-electron chi connectivity index (χ2n) is 8.99. The summed E-state index contributed by atoms with van der Waals surface area (Å²) in [7, 11) is 4.32. The van der Waals surface area contributed by atoms with Crippen LogP contribution in [0.5, 0.6) is 11.5 Å². The van der Waals surface area contributed by atoms with Crippen molar-refractivity contribution in [3.63, 3.8) is 0 Å². The zero-order chi connectivity index (χ0) is 29.9. The van der Waals surface area contributed by atoms with Crippen molar-refractivity contribution in [1.82, 2.24) is 0 Å². The van der Waals surface area contributed by atoms with Gasteiger partial charge in [-0.05, 0) is 34.4 Å². The van der Waals surface area contributed by atoms with E-state index in [0.717, 1.165) is 27.8 Å². The Morgan fingerprint density at radius 3 is 1.88 bits per heavy atom. The predicted molar refractivity (Wildman–Crippen MR) is 155 cm³/mol. The standard InChI is InChI=1S/C17H18O5.C16H14O4/c1-20-11-22-15-9-8-13(12-6-4-3-5-7-12)14(10-18)16(15)17(19)21-2;1-18-10-20-14-8-7-12(11-5-3-2-4-6-11)13-9-19-16(17)15(13)14/h3-9,18H,10-11H2,1-2H3;2-8H,9-10H2,1H3. The molecule has 0 radical (unpaired) electrons. The Labute approximate surface area is 244 Å². The number of ether oxygens (including phenoxy) is 6. The molecule has 9 heteroatoms. The molecule has 1 heterocycles. The third kappa shape index (κ3) is 6.77. The van der Waals surface area contributed by atoms with Gasteiger partial charge >= 0.3 is 11.9 Å². The first-order valence-corrected chi connectivity index (χ1v) is 13.1. The van der Waals surface area contributed by atoms with Crippen LogP contribution in [0.25, 0.3) is 22.3 Å². The summed E-state index contributed by atoms with van der Waals surface area (Å²) in [6, 6.07) is 26.6. The lowest BCUT2D eigenvalue weighted by Crippen LogP contribution is -2.12. The molecule has 42 heavy (non-hydrogen) atoms. The highest BCUT2D eigenvalue weighted by Crippen LogP contribution is 2.37. The van der Waals surface area contributed by atoms with Crippen molar-refractivity contribution >= 4 is 11.9 Å². The van der Waals surface area contributed by atoms with Crippen molar-refractivity contribution in [2.75, 3.05) is 34.9 Å². The summed E-state index contributed by atoms with van der Waals surface area (Å²) in [5, 5.41) is 9.76. The summed E-state index contributed by atoms with van der Waals surface area (Å²) < 4.78 is 30.6. The second kappa shape index (κ2) is 14.8. The largest absolute Gasteiger partial charge is 0.467 e. The zero-order valence-electron chi connectivity index (χ0n) is 23.6. The number of fused-ring (bicyclic) bond motifs is 1. The molecule has 5 rings (SSSR count). The number of aliphatic hydroxyl groups excluding tert-OH is 1. The molecule has 0 aliphatic carbocycles. The van der Waals surface area contributed by atoms with E-state index in [9.17, 15) is 14.7 Å². The minimum atomic E-state index is -0.562. The molecule has 0 unspecified atom stereocenters. The quantitative estimate of drug-likeness (QED) is 0.191. The summed E-state index contributed by atoms with van der Waals surface area (Å²) >= 11 is 0. The highest BCUT2D eigenvalue weighted by molar-refractivity contribution is 5.99. The van der Waals surface area contributed by atoms with E-state index in [0.29, 0.717) is 22.6 Å². The second-order valence-corrected chi connectivity index (χ2v) is 8.99. The number of methoxy groups -OCH3 is 3. The van der Waals surface area contributed by atoms with Gasteiger partial charge in [0, 0.05) is 25.3 Å². The molecule has 9 nitrogen and oxygen atoms in total. The fraction of sp³-hybridized carbons (Fsp3) is 0.212. The summed E-state index contributed by atoms with van der Waals surface area (Å²) in [4.78, 5) is 24.0. The van der Waals surface area contributed by atoms with Gasteiger partial charge in [0.25, 0.3) is 0 Å². The molecule has 0 fully saturated rings. The summed E-state index contributed by atoms with van der Waals surface area (Å²) in [6.45, 7) is 0.0748. The Hall–Kier alpha value is -4.70. The van der Waals surface area contributed by atoms with E-state index in [-0.39, 0.29) is 38.3 Å². The lowest BCUT2D eigenvalue weighted by Gasteiger charge is -2.16. The van der Waals surface area contributed by atoms with Crippen molar-refractivity contribution in [3.05, 3.63) is 107 Å². The number of hydrogen-bond donors (Lipinski definition) is 1. The number of benzene rings is 4. The molecule has 0 bridgehead atoms. The van der Waals surface area contributed by atoms with E-state index in [2.05, 4.69) is 0 Å². The molecule has 0 saturated heterocycles. The van der Waals surface area contributed by atoms with Gasteiger partial charge in [-0.2, -0.15) is 0 Å². The molecule has 0 atom stereocenters. The van der Waals surface area contributed by atoms with E-state index in [1.165, 1.54) is 21.3 Å². The van der Waals surface area contributed by atoms with Crippen molar-refractivity contribution in [1.29, 1.82) is 0 Å². The van der Waals surface area contributed by atoms with Gasteiger partial charge in [0.1, 0.15) is 29.2 Å². The lowest BCUT2D eigenvalue weighted by molar-refractivity contribution is 0.0453. The highest BCUT2D eigenvalue weighted by Gasteiger charge is 2.29. The van der Waals surface area contributed by atoms with Crippen LogP contribution in [0.15, 0.2) is 84.9 Å². The first-order valence-electron chi connectivity index (χ1n) is 13.1. The Bertz CT molecular complexity index is 1500. The van der Waals surface area contributed by atoms with Crippen LogP contribution in [0.4, 0.5) is 0 Å². The van der Waals surface area contributed by atoms with E-state index >= 15 is 0 Å². The first kappa shape index (κ1) is 30.3. The maximum atomic E-state index is 12.1.